The van der Waals surface area contributed by atoms with Crippen LogP contribution in [0.4, 0.5) is 0 Å². The van der Waals surface area contributed by atoms with Gasteiger partial charge in [0.2, 0.25) is 0 Å². The highest BCUT2D eigenvalue weighted by Crippen LogP contribution is 2.64. The smallest absolute Gasteiger partial charge is 0.309 e. The molecule has 0 spiro atoms. The average Bonchev–Trinajstić information content (AvgIpc) is 2.46. The third-order valence-electron chi connectivity index (χ3n) is 7.61. The topological polar surface area (TPSA) is 26.3 Å². The molecule has 0 saturated heterocycles. The van der Waals surface area contributed by atoms with Crippen molar-refractivity contribution in [3.8, 4) is 0 Å². The van der Waals surface area contributed by atoms with E-state index in [1.807, 2.05) is 0 Å². The number of hydrogen-bond donors (Lipinski definition) is 0. The summed E-state index contributed by atoms with van der Waals surface area (Å²) in [4.78, 5) is 12.7. The Morgan fingerprint density at radius 3 is 1.91 bits per heavy atom. The second-order valence-corrected chi connectivity index (χ2v) is 9.46. The SMILES string of the molecule is CC(C)(OC(=O)C1CCCCC1)C12CC3CC(CC(C3)C1)C2. The highest BCUT2D eigenvalue weighted by molar-refractivity contribution is 5.73. The molecule has 0 amide bonds. The molecule has 2 nitrogen and oxygen atoms in total. The van der Waals surface area contributed by atoms with Gasteiger partial charge >= 0.3 is 5.97 Å². The monoisotopic (exact) mass is 304 g/mol. The first kappa shape index (κ1) is 15.0. The molecule has 0 radical (unpaired) electrons. The maximum absolute atomic E-state index is 12.7. The second kappa shape index (κ2) is 5.24. The minimum Gasteiger partial charge on any atom is -0.459 e. The second-order valence-electron chi connectivity index (χ2n) is 9.46. The predicted octanol–water partition coefficient (Wildman–Crippen LogP) is 5.10. The van der Waals surface area contributed by atoms with Crippen LogP contribution in [-0.2, 0) is 9.53 Å². The molecular formula is C20H32O2. The van der Waals surface area contributed by atoms with Gasteiger partial charge in [-0.05, 0) is 83.0 Å². The predicted molar refractivity (Wildman–Crippen MR) is 87.4 cm³/mol. The van der Waals surface area contributed by atoms with Crippen LogP contribution in [0, 0.1) is 29.1 Å². The van der Waals surface area contributed by atoms with Crippen molar-refractivity contribution in [1.82, 2.24) is 0 Å². The van der Waals surface area contributed by atoms with Crippen molar-refractivity contribution < 1.29 is 9.53 Å². The molecule has 0 heterocycles. The summed E-state index contributed by atoms with van der Waals surface area (Å²) in [7, 11) is 0. The minimum atomic E-state index is -0.266. The number of ether oxygens (including phenoxy) is 1. The van der Waals surface area contributed by atoms with Crippen LogP contribution in [0.25, 0.3) is 0 Å². The average molecular weight is 304 g/mol. The summed E-state index contributed by atoms with van der Waals surface area (Å²) in [6, 6.07) is 0. The third kappa shape index (κ3) is 2.41. The first-order valence-corrected chi connectivity index (χ1v) is 9.70. The van der Waals surface area contributed by atoms with Gasteiger partial charge in [-0.1, -0.05) is 19.3 Å². The molecule has 0 aromatic heterocycles. The summed E-state index contributed by atoms with van der Waals surface area (Å²) in [5.41, 5.74) is 0.0175. The van der Waals surface area contributed by atoms with Crippen LogP contribution in [0.15, 0.2) is 0 Å². The van der Waals surface area contributed by atoms with E-state index in [1.54, 1.807) is 0 Å². The highest BCUT2D eigenvalue weighted by Gasteiger charge is 2.58. The van der Waals surface area contributed by atoms with E-state index in [2.05, 4.69) is 13.8 Å². The van der Waals surface area contributed by atoms with E-state index in [0.29, 0.717) is 0 Å². The standard InChI is InChI=1S/C20H32O2/c1-19(2,22-18(21)17-6-4-3-5-7-17)20-11-14-8-15(12-20)10-16(9-14)13-20/h14-17H,3-13H2,1-2H3. The lowest BCUT2D eigenvalue weighted by Crippen LogP contribution is -2.57. The first-order chi connectivity index (χ1) is 10.5. The molecule has 5 aliphatic carbocycles. The maximum Gasteiger partial charge on any atom is 0.309 e. The molecule has 0 atom stereocenters. The molecule has 124 valence electrons. The Bertz CT molecular complexity index is 409. The van der Waals surface area contributed by atoms with E-state index in [9.17, 15) is 4.79 Å². The summed E-state index contributed by atoms with van der Waals surface area (Å²) in [5, 5.41) is 0. The zero-order valence-electron chi connectivity index (χ0n) is 14.4. The van der Waals surface area contributed by atoms with E-state index >= 15 is 0 Å². The van der Waals surface area contributed by atoms with Gasteiger partial charge in [-0.15, -0.1) is 0 Å². The Labute approximate surface area is 135 Å². The van der Waals surface area contributed by atoms with Gasteiger partial charge in [0.25, 0.3) is 0 Å². The van der Waals surface area contributed by atoms with Crippen LogP contribution in [0.3, 0.4) is 0 Å². The number of esters is 1. The van der Waals surface area contributed by atoms with Crippen LogP contribution in [0.5, 0.6) is 0 Å². The lowest BCUT2D eigenvalue weighted by molar-refractivity contribution is -0.203. The van der Waals surface area contributed by atoms with Crippen molar-refractivity contribution in [1.29, 1.82) is 0 Å². The number of rotatable bonds is 3. The van der Waals surface area contributed by atoms with Gasteiger partial charge in [-0.3, -0.25) is 4.79 Å². The van der Waals surface area contributed by atoms with E-state index in [1.165, 1.54) is 57.8 Å². The number of carbonyl (C=O) groups is 1. The quantitative estimate of drug-likeness (QED) is 0.678. The normalized spacial score (nSPS) is 41.6. The van der Waals surface area contributed by atoms with Crippen LogP contribution in [0.1, 0.15) is 84.5 Å². The van der Waals surface area contributed by atoms with Gasteiger partial charge in [-0.25, -0.2) is 0 Å². The lowest BCUT2D eigenvalue weighted by atomic mass is 9.46. The molecule has 0 aromatic rings. The van der Waals surface area contributed by atoms with Crippen molar-refractivity contribution in [3.63, 3.8) is 0 Å². The molecule has 0 N–H and O–H groups in total. The summed E-state index contributed by atoms with van der Waals surface area (Å²) >= 11 is 0. The number of hydrogen-bond acceptors (Lipinski definition) is 2. The Morgan fingerprint density at radius 1 is 0.909 bits per heavy atom. The van der Waals surface area contributed by atoms with Crippen molar-refractivity contribution >= 4 is 5.97 Å². The molecule has 0 aromatic carbocycles. The molecule has 22 heavy (non-hydrogen) atoms. The summed E-state index contributed by atoms with van der Waals surface area (Å²) in [6.07, 6.45) is 14.1. The van der Waals surface area contributed by atoms with Gasteiger partial charge < -0.3 is 4.74 Å². The Morgan fingerprint density at radius 2 is 1.41 bits per heavy atom. The van der Waals surface area contributed by atoms with Gasteiger partial charge in [0, 0.05) is 5.41 Å². The Balaban J connectivity index is 1.49. The van der Waals surface area contributed by atoms with Crippen molar-refractivity contribution in [2.24, 2.45) is 29.1 Å². The summed E-state index contributed by atoms with van der Waals surface area (Å²) in [6.45, 7) is 4.45. The fourth-order valence-electron chi connectivity index (χ4n) is 6.63. The summed E-state index contributed by atoms with van der Waals surface area (Å²) < 4.78 is 6.22. The molecule has 0 unspecified atom stereocenters. The zero-order valence-corrected chi connectivity index (χ0v) is 14.4. The van der Waals surface area contributed by atoms with E-state index < -0.39 is 0 Å². The van der Waals surface area contributed by atoms with Gasteiger partial charge in [-0.2, -0.15) is 0 Å². The molecule has 2 heteroatoms. The fourth-order valence-corrected chi connectivity index (χ4v) is 6.63. The maximum atomic E-state index is 12.7. The third-order valence-corrected chi connectivity index (χ3v) is 7.61. The van der Waals surface area contributed by atoms with Crippen molar-refractivity contribution in [2.75, 3.05) is 0 Å². The lowest BCUT2D eigenvalue weighted by Gasteiger charge is -2.61. The Hall–Kier alpha value is -0.530. The van der Waals surface area contributed by atoms with Crippen LogP contribution in [0.2, 0.25) is 0 Å². The van der Waals surface area contributed by atoms with E-state index in [0.717, 1.165) is 30.6 Å². The molecular weight excluding hydrogens is 272 g/mol. The molecule has 5 aliphatic rings. The largest absolute Gasteiger partial charge is 0.459 e. The first-order valence-electron chi connectivity index (χ1n) is 9.70. The van der Waals surface area contributed by atoms with Gasteiger partial charge in [0.05, 0.1) is 5.92 Å². The molecule has 5 fully saturated rings. The highest BCUT2D eigenvalue weighted by atomic mass is 16.6. The Kier molecular flexibility index (Phi) is 3.58. The zero-order chi connectivity index (χ0) is 15.4. The van der Waals surface area contributed by atoms with Crippen LogP contribution in [-0.4, -0.2) is 11.6 Å². The van der Waals surface area contributed by atoms with Crippen LogP contribution < -0.4 is 0 Å². The van der Waals surface area contributed by atoms with Gasteiger partial charge in [0.1, 0.15) is 5.60 Å². The number of carbonyl (C=O) groups excluding carboxylic acids is 1. The molecule has 5 rings (SSSR count). The molecule has 5 saturated carbocycles. The summed E-state index contributed by atoms with van der Waals surface area (Å²) in [5.74, 6) is 3.04. The van der Waals surface area contributed by atoms with Crippen molar-refractivity contribution in [2.45, 2.75) is 90.1 Å². The van der Waals surface area contributed by atoms with Gasteiger partial charge in [0.15, 0.2) is 0 Å². The molecule has 0 aliphatic heterocycles. The fraction of sp³-hybridized carbons (Fsp3) is 0.950. The van der Waals surface area contributed by atoms with Crippen molar-refractivity contribution in [3.05, 3.63) is 0 Å². The van der Waals surface area contributed by atoms with E-state index in [-0.39, 0.29) is 22.9 Å². The minimum absolute atomic E-state index is 0.112. The van der Waals surface area contributed by atoms with E-state index in [4.69, 9.17) is 4.74 Å². The molecule has 4 bridgehead atoms. The van der Waals surface area contributed by atoms with Crippen LogP contribution >= 0.6 is 0 Å².